The van der Waals surface area contributed by atoms with Crippen LogP contribution in [0.3, 0.4) is 0 Å². The van der Waals surface area contributed by atoms with Gasteiger partial charge < -0.3 is 0 Å². The van der Waals surface area contributed by atoms with Crippen LogP contribution in [0.2, 0.25) is 0 Å². The van der Waals surface area contributed by atoms with Crippen molar-refractivity contribution in [1.82, 2.24) is 4.98 Å². The van der Waals surface area contributed by atoms with Crippen LogP contribution in [0.4, 0.5) is 29.3 Å². The number of alkyl halides is 3. The van der Waals surface area contributed by atoms with Crippen LogP contribution in [0.15, 0.2) is 60.9 Å². The molecular weight excluding hydrogens is 441 g/mol. The normalized spacial score (nSPS) is 17.7. The summed E-state index contributed by atoms with van der Waals surface area (Å²) in [7, 11) is 0. The van der Waals surface area contributed by atoms with E-state index in [-0.39, 0.29) is 11.3 Å². The Morgan fingerprint density at radius 1 is 1.00 bits per heavy atom. The highest BCUT2D eigenvalue weighted by Crippen LogP contribution is 2.44. The van der Waals surface area contributed by atoms with Crippen molar-refractivity contribution in [2.24, 2.45) is 0 Å². The number of nitriles is 1. The number of nitrogens with zero attached hydrogens (tertiary/aromatic N) is 4. The van der Waals surface area contributed by atoms with Gasteiger partial charge in [-0.3, -0.25) is 14.8 Å². The second kappa shape index (κ2) is 8.17. The van der Waals surface area contributed by atoms with E-state index in [1.807, 2.05) is 57.2 Å². The van der Waals surface area contributed by atoms with Gasteiger partial charge in [0, 0.05) is 23.8 Å². The van der Waals surface area contributed by atoms with Gasteiger partial charge in [0.15, 0.2) is 0 Å². The average Bonchev–Trinajstić information content (AvgIpc) is 2.97. The maximum Gasteiger partial charge on any atom is 0.418 e. The molecule has 1 aromatic heterocycles. The number of benzene rings is 2. The van der Waals surface area contributed by atoms with E-state index in [4.69, 9.17) is 0 Å². The molecule has 0 spiro atoms. The van der Waals surface area contributed by atoms with Crippen molar-refractivity contribution in [2.45, 2.75) is 45.5 Å². The first kappa shape index (κ1) is 23.3. The fourth-order valence-electron chi connectivity index (χ4n) is 4.54. The standard InChI is InChI=1S/C26H23F3N4O/c1-16-22(10-7-20(15-30)23(16)26(27,28)29)32-17(2)25(3,4)33(24(32)34)21-8-5-18(6-9-21)19-11-13-31-14-12-19/h5-14,17H,1-4H3. The summed E-state index contributed by atoms with van der Waals surface area (Å²) >= 11 is 0. The summed E-state index contributed by atoms with van der Waals surface area (Å²) < 4.78 is 41.3. The number of carbonyl (C=O) groups excluding carboxylic acids is 1. The van der Waals surface area contributed by atoms with Gasteiger partial charge in [-0.2, -0.15) is 18.4 Å². The van der Waals surface area contributed by atoms with Gasteiger partial charge in [-0.15, -0.1) is 0 Å². The minimum Gasteiger partial charge on any atom is -0.289 e. The summed E-state index contributed by atoms with van der Waals surface area (Å²) in [6.07, 6.45) is -1.31. The summed E-state index contributed by atoms with van der Waals surface area (Å²) in [5, 5.41) is 9.20. The Labute approximate surface area is 196 Å². The highest BCUT2D eigenvalue weighted by Gasteiger charge is 2.51. The van der Waals surface area contributed by atoms with Crippen LogP contribution in [0.5, 0.6) is 0 Å². The van der Waals surface area contributed by atoms with Crippen LogP contribution in [0.25, 0.3) is 11.1 Å². The van der Waals surface area contributed by atoms with E-state index in [1.54, 1.807) is 23.4 Å². The van der Waals surface area contributed by atoms with Gasteiger partial charge in [-0.05, 0) is 80.8 Å². The topological polar surface area (TPSA) is 60.2 Å². The number of hydrogen-bond donors (Lipinski definition) is 0. The van der Waals surface area contributed by atoms with Gasteiger partial charge in [0.05, 0.1) is 28.8 Å². The first-order chi connectivity index (χ1) is 16.0. The van der Waals surface area contributed by atoms with E-state index in [2.05, 4.69) is 4.98 Å². The molecule has 0 saturated carbocycles. The zero-order valence-electron chi connectivity index (χ0n) is 19.2. The van der Waals surface area contributed by atoms with E-state index < -0.39 is 34.9 Å². The number of aromatic nitrogens is 1. The second-order valence-electron chi connectivity index (χ2n) is 8.84. The molecule has 5 nitrogen and oxygen atoms in total. The van der Waals surface area contributed by atoms with Crippen LogP contribution in [0.1, 0.15) is 37.5 Å². The number of pyridine rings is 1. The van der Waals surface area contributed by atoms with Gasteiger partial charge in [0.1, 0.15) is 0 Å². The SMILES string of the molecule is Cc1c(N2C(=O)N(c3ccc(-c4ccncc4)cc3)C(C)(C)C2C)ccc(C#N)c1C(F)(F)F. The molecule has 34 heavy (non-hydrogen) atoms. The highest BCUT2D eigenvalue weighted by molar-refractivity contribution is 6.09. The summed E-state index contributed by atoms with van der Waals surface area (Å²) in [4.78, 5) is 20.7. The average molecular weight is 464 g/mol. The number of hydrogen-bond acceptors (Lipinski definition) is 3. The number of urea groups is 1. The number of carbonyl (C=O) groups is 1. The molecule has 1 fully saturated rings. The number of rotatable bonds is 3. The molecule has 2 amide bonds. The van der Waals surface area contributed by atoms with Crippen LogP contribution < -0.4 is 9.80 Å². The molecule has 1 aliphatic heterocycles. The molecule has 8 heteroatoms. The third kappa shape index (κ3) is 3.67. The van der Waals surface area contributed by atoms with Crippen molar-refractivity contribution in [3.63, 3.8) is 0 Å². The molecule has 0 aliphatic carbocycles. The fraction of sp³-hybridized carbons (Fsp3) is 0.269. The smallest absolute Gasteiger partial charge is 0.289 e. The second-order valence-corrected chi connectivity index (χ2v) is 8.84. The Morgan fingerprint density at radius 3 is 2.15 bits per heavy atom. The molecule has 174 valence electrons. The third-order valence-electron chi connectivity index (χ3n) is 6.62. The highest BCUT2D eigenvalue weighted by atomic mass is 19.4. The first-order valence-corrected chi connectivity index (χ1v) is 10.7. The van der Waals surface area contributed by atoms with Crippen molar-refractivity contribution < 1.29 is 18.0 Å². The van der Waals surface area contributed by atoms with Crippen molar-refractivity contribution in [3.05, 3.63) is 77.6 Å². The Kier molecular flexibility index (Phi) is 5.60. The van der Waals surface area contributed by atoms with Gasteiger partial charge in [-0.25, -0.2) is 4.79 Å². The van der Waals surface area contributed by atoms with Gasteiger partial charge >= 0.3 is 12.2 Å². The summed E-state index contributed by atoms with van der Waals surface area (Å²) in [6.45, 7) is 6.89. The molecule has 2 heterocycles. The van der Waals surface area contributed by atoms with Crippen LogP contribution in [-0.2, 0) is 6.18 Å². The summed E-state index contributed by atoms with van der Waals surface area (Å²) in [6, 6.07) is 14.5. The van der Waals surface area contributed by atoms with Crippen LogP contribution >= 0.6 is 0 Å². The summed E-state index contributed by atoms with van der Waals surface area (Å²) in [5.74, 6) is 0. The first-order valence-electron chi connectivity index (χ1n) is 10.7. The Morgan fingerprint density at radius 2 is 1.59 bits per heavy atom. The number of amides is 2. The number of anilines is 2. The zero-order chi connectivity index (χ0) is 24.8. The van der Waals surface area contributed by atoms with E-state index in [0.29, 0.717) is 5.69 Å². The Bertz CT molecular complexity index is 1280. The van der Waals surface area contributed by atoms with Crippen LogP contribution in [0, 0.1) is 18.3 Å². The third-order valence-corrected chi connectivity index (χ3v) is 6.62. The van der Waals surface area contributed by atoms with Crippen LogP contribution in [-0.4, -0.2) is 22.6 Å². The molecule has 0 bridgehead atoms. The molecule has 2 aromatic carbocycles. The van der Waals surface area contributed by atoms with Gasteiger partial charge in [0.2, 0.25) is 0 Å². The monoisotopic (exact) mass is 464 g/mol. The van der Waals surface area contributed by atoms with Crippen molar-refractivity contribution in [1.29, 1.82) is 5.26 Å². The van der Waals surface area contributed by atoms with E-state index in [0.717, 1.165) is 17.2 Å². The number of halogens is 3. The fourth-order valence-corrected chi connectivity index (χ4v) is 4.54. The van der Waals surface area contributed by atoms with Crippen molar-refractivity contribution in [3.8, 4) is 17.2 Å². The molecule has 1 unspecified atom stereocenters. The van der Waals surface area contributed by atoms with Crippen molar-refractivity contribution >= 4 is 17.4 Å². The lowest BCUT2D eigenvalue weighted by molar-refractivity contribution is -0.138. The molecule has 0 radical (unpaired) electrons. The van der Waals surface area contributed by atoms with E-state index in [1.165, 1.54) is 17.9 Å². The maximum absolute atomic E-state index is 13.8. The predicted molar refractivity (Wildman–Crippen MR) is 124 cm³/mol. The Balaban J connectivity index is 1.77. The minimum atomic E-state index is -4.71. The maximum atomic E-state index is 13.8. The van der Waals surface area contributed by atoms with Gasteiger partial charge in [0.25, 0.3) is 0 Å². The predicted octanol–water partition coefficient (Wildman–Crippen LogP) is 6.56. The lowest BCUT2D eigenvalue weighted by atomic mass is 9.93. The molecule has 1 aliphatic rings. The molecular formula is C26H23F3N4O. The van der Waals surface area contributed by atoms with E-state index in [9.17, 15) is 23.2 Å². The lowest BCUT2D eigenvalue weighted by Gasteiger charge is -2.33. The molecule has 3 aromatic rings. The minimum absolute atomic E-state index is 0.141. The quantitative estimate of drug-likeness (QED) is 0.441. The summed E-state index contributed by atoms with van der Waals surface area (Å²) in [5.41, 5.74) is 0.402. The largest absolute Gasteiger partial charge is 0.418 e. The Hall–Kier alpha value is -3.86. The molecule has 1 atom stereocenters. The lowest BCUT2D eigenvalue weighted by Crippen LogP contribution is -2.45. The van der Waals surface area contributed by atoms with Crippen molar-refractivity contribution in [2.75, 3.05) is 9.80 Å². The molecule has 4 rings (SSSR count). The molecule has 0 N–H and O–H groups in total. The zero-order valence-corrected chi connectivity index (χ0v) is 19.2. The van der Waals surface area contributed by atoms with E-state index >= 15 is 0 Å². The van der Waals surface area contributed by atoms with Gasteiger partial charge in [-0.1, -0.05) is 12.1 Å². The molecule has 1 saturated heterocycles.